The van der Waals surface area contributed by atoms with Crippen LogP contribution in [0.1, 0.15) is 5.56 Å². The highest BCUT2D eigenvalue weighted by Crippen LogP contribution is 2.28. The molecule has 8 heteroatoms. The largest absolute Gasteiger partial charge is 0.496 e. The van der Waals surface area contributed by atoms with Gasteiger partial charge in [0.25, 0.3) is 0 Å². The number of fused-ring (bicyclic) bond motifs is 3. The van der Waals surface area contributed by atoms with Gasteiger partial charge in [0.1, 0.15) is 29.3 Å². The van der Waals surface area contributed by atoms with Crippen LogP contribution < -0.4 is 9.47 Å². The summed E-state index contributed by atoms with van der Waals surface area (Å²) in [6.45, 7) is 0.377. The van der Waals surface area contributed by atoms with E-state index in [0.29, 0.717) is 12.4 Å². The Morgan fingerprint density at radius 3 is 2.79 bits per heavy atom. The van der Waals surface area contributed by atoms with Crippen LogP contribution in [0.15, 0.2) is 64.7 Å². The van der Waals surface area contributed by atoms with Gasteiger partial charge in [0.05, 0.1) is 12.5 Å². The number of nitrogens with zero attached hydrogens (tertiary/aromatic N) is 4. The van der Waals surface area contributed by atoms with Gasteiger partial charge in [-0.1, -0.05) is 15.9 Å². The average Bonchev–Trinajstić information content (AvgIpc) is 3.39. The lowest BCUT2D eigenvalue weighted by Gasteiger charge is -2.11. The first-order valence-corrected chi connectivity index (χ1v) is 10.5. The summed E-state index contributed by atoms with van der Waals surface area (Å²) < 4.78 is 14.2. The van der Waals surface area contributed by atoms with Gasteiger partial charge in [0, 0.05) is 15.6 Å². The third-order valence-electron chi connectivity index (χ3n) is 4.55. The smallest absolute Gasteiger partial charge is 0.182 e. The van der Waals surface area contributed by atoms with Crippen LogP contribution in [-0.4, -0.2) is 26.7 Å². The number of hydrogen-bond donors (Lipinski definition) is 0. The van der Waals surface area contributed by atoms with Crippen LogP contribution in [0, 0.1) is 0 Å². The van der Waals surface area contributed by atoms with E-state index in [0.717, 1.165) is 43.0 Å². The summed E-state index contributed by atoms with van der Waals surface area (Å²) >= 11 is 5.02. The fraction of sp³-hybridized carbons (Fsp3) is 0.0952. The number of methoxy groups -OCH3 is 1. The van der Waals surface area contributed by atoms with Crippen molar-refractivity contribution in [2.45, 2.75) is 6.61 Å². The third-order valence-corrected chi connectivity index (χ3v) is 5.90. The molecule has 2 aromatic carbocycles. The van der Waals surface area contributed by atoms with E-state index in [1.54, 1.807) is 29.3 Å². The van der Waals surface area contributed by atoms with Crippen LogP contribution in [0.25, 0.3) is 27.3 Å². The molecule has 5 aromatic rings. The Morgan fingerprint density at radius 1 is 1.10 bits per heavy atom. The van der Waals surface area contributed by atoms with Crippen LogP contribution in [0.2, 0.25) is 0 Å². The monoisotopic (exact) mass is 466 g/mol. The van der Waals surface area contributed by atoms with Gasteiger partial charge in [-0.2, -0.15) is 0 Å². The third kappa shape index (κ3) is 3.45. The molecule has 0 saturated carbocycles. The zero-order valence-corrected chi connectivity index (χ0v) is 17.8. The molecule has 29 heavy (non-hydrogen) atoms. The maximum Gasteiger partial charge on any atom is 0.182 e. The molecule has 3 heterocycles. The van der Waals surface area contributed by atoms with Crippen molar-refractivity contribution >= 4 is 43.1 Å². The minimum atomic E-state index is 0.377. The normalized spacial score (nSPS) is 11.2. The van der Waals surface area contributed by atoms with Gasteiger partial charge in [-0.15, -0.1) is 16.4 Å². The Hall–Kier alpha value is -2.97. The molecule has 0 aliphatic rings. The number of rotatable bonds is 5. The maximum atomic E-state index is 5.93. The summed E-state index contributed by atoms with van der Waals surface area (Å²) in [7, 11) is 1.65. The lowest BCUT2D eigenvalue weighted by Crippen LogP contribution is -1.99. The second kappa shape index (κ2) is 7.46. The lowest BCUT2D eigenvalue weighted by molar-refractivity contribution is 0.296. The van der Waals surface area contributed by atoms with Gasteiger partial charge in [0.2, 0.25) is 0 Å². The van der Waals surface area contributed by atoms with E-state index >= 15 is 0 Å². The first-order valence-electron chi connectivity index (χ1n) is 8.85. The van der Waals surface area contributed by atoms with E-state index in [4.69, 9.17) is 14.5 Å². The summed E-state index contributed by atoms with van der Waals surface area (Å²) in [5.41, 5.74) is 2.62. The Bertz CT molecular complexity index is 1310. The van der Waals surface area contributed by atoms with Crippen LogP contribution in [0.4, 0.5) is 0 Å². The summed E-state index contributed by atoms with van der Waals surface area (Å²) in [5, 5.41) is 7.61. The van der Waals surface area contributed by atoms with Crippen molar-refractivity contribution in [2.75, 3.05) is 7.11 Å². The molecule has 0 aliphatic heterocycles. The topological polar surface area (TPSA) is 61.5 Å². The van der Waals surface area contributed by atoms with Gasteiger partial charge in [-0.25, -0.2) is 14.5 Å². The second-order valence-electron chi connectivity index (χ2n) is 6.36. The van der Waals surface area contributed by atoms with E-state index < -0.39 is 0 Å². The summed E-state index contributed by atoms with van der Waals surface area (Å²) in [6.07, 6.45) is 1.70. The lowest BCUT2D eigenvalue weighted by atomic mass is 10.1. The van der Waals surface area contributed by atoms with Gasteiger partial charge < -0.3 is 9.47 Å². The Kier molecular flexibility index (Phi) is 4.65. The first kappa shape index (κ1) is 18.1. The summed E-state index contributed by atoms with van der Waals surface area (Å²) in [5.74, 6) is 2.19. The zero-order valence-electron chi connectivity index (χ0n) is 15.4. The number of benzene rings is 2. The van der Waals surface area contributed by atoms with Crippen LogP contribution in [-0.2, 0) is 6.61 Å². The van der Waals surface area contributed by atoms with Crippen molar-refractivity contribution in [3.8, 4) is 22.9 Å². The fourth-order valence-corrected chi connectivity index (χ4v) is 4.10. The van der Waals surface area contributed by atoms with E-state index in [9.17, 15) is 0 Å². The number of ether oxygens (including phenoxy) is 2. The van der Waals surface area contributed by atoms with E-state index in [2.05, 4.69) is 26.0 Å². The molecule has 0 aliphatic carbocycles. The van der Waals surface area contributed by atoms with Gasteiger partial charge in [-0.3, -0.25) is 0 Å². The second-order valence-corrected chi connectivity index (χ2v) is 8.17. The zero-order chi connectivity index (χ0) is 19.8. The molecule has 0 bridgehead atoms. The van der Waals surface area contributed by atoms with Crippen LogP contribution in [0.5, 0.6) is 11.5 Å². The Balaban J connectivity index is 1.49. The predicted molar refractivity (Wildman–Crippen MR) is 117 cm³/mol. The molecule has 0 amide bonds. The molecule has 0 atom stereocenters. The molecular formula is C21H15BrN4O2S. The van der Waals surface area contributed by atoms with Gasteiger partial charge in [-0.05, 0) is 53.9 Å². The van der Waals surface area contributed by atoms with E-state index in [-0.39, 0.29) is 0 Å². The summed E-state index contributed by atoms with van der Waals surface area (Å²) in [4.78, 5) is 10.1. The van der Waals surface area contributed by atoms with Crippen LogP contribution in [0.3, 0.4) is 0 Å². The number of aromatic nitrogens is 4. The number of thiophene rings is 1. The van der Waals surface area contributed by atoms with Crippen molar-refractivity contribution in [3.63, 3.8) is 0 Å². The molecule has 5 rings (SSSR count). The Morgan fingerprint density at radius 2 is 1.97 bits per heavy atom. The first-order chi connectivity index (χ1) is 14.2. The molecular weight excluding hydrogens is 452 g/mol. The fourth-order valence-electron chi connectivity index (χ4n) is 3.11. The van der Waals surface area contributed by atoms with E-state index in [1.165, 1.54) is 0 Å². The number of hydrogen-bond acceptors (Lipinski definition) is 6. The highest BCUT2D eigenvalue weighted by Gasteiger charge is 2.13. The minimum absolute atomic E-state index is 0.377. The molecule has 0 unspecified atom stereocenters. The van der Waals surface area contributed by atoms with Gasteiger partial charge in [0.15, 0.2) is 11.5 Å². The summed E-state index contributed by atoms with van der Waals surface area (Å²) in [6, 6.07) is 15.6. The van der Waals surface area contributed by atoms with Crippen molar-refractivity contribution in [1.82, 2.24) is 19.6 Å². The quantitative estimate of drug-likeness (QED) is 0.349. The van der Waals surface area contributed by atoms with Crippen molar-refractivity contribution < 1.29 is 9.47 Å². The standard InChI is InChI=1S/C21H15BrN4O2S/c1-27-18-7-2-13(10-14(18)11-28-16-5-3-15(22)4-6-16)19-24-20-17-8-9-29-21(17)23-12-26(20)25-19/h2-10,12H,11H2,1H3. The van der Waals surface area contributed by atoms with E-state index in [1.807, 2.05) is 53.9 Å². The minimum Gasteiger partial charge on any atom is -0.496 e. The molecule has 0 spiro atoms. The van der Waals surface area contributed by atoms with Gasteiger partial charge >= 0.3 is 0 Å². The average molecular weight is 467 g/mol. The SMILES string of the molecule is COc1ccc(-c2nc3c4ccsc4ncn3n2)cc1COc1ccc(Br)cc1. The molecule has 0 N–H and O–H groups in total. The van der Waals surface area contributed by atoms with Crippen LogP contribution >= 0.6 is 27.3 Å². The molecule has 6 nitrogen and oxygen atoms in total. The molecule has 3 aromatic heterocycles. The van der Waals surface area contributed by atoms with Crippen molar-refractivity contribution in [1.29, 1.82) is 0 Å². The van der Waals surface area contributed by atoms with Crippen molar-refractivity contribution in [3.05, 3.63) is 70.3 Å². The maximum absolute atomic E-state index is 5.93. The molecule has 0 saturated heterocycles. The Labute approximate surface area is 178 Å². The highest BCUT2D eigenvalue weighted by atomic mass is 79.9. The molecule has 144 valence electrons. The molecule has 0 fully saturated rings. The highest BCUT2D eigenvalue weighted by molar-refractivity contribution is 9.10. The molecule has 0 radical (unpaired) electrons. The number of halogens is 1. The predicted octanol–water partition coefficient (Wildman–Crippen LogP) is 5.36. The van der Waals surface area contributed by atoms with Crippen molar-refractivity contribution in [2.24, 2.45) is 0 Å².